The zero-order chi connectivity index (χ0) is 22.5. The van der Waals surface area contributed by atoms with Crippen molar-refractivity contribution in [2.75, 3.05) is 24.2 Å². The van der Waals surface area contributed by atoms with E-state index in [2.05, 4.69) is 5.32 Å². The summed E-state index contributed by atoms with van der Waals surface area (Å²) in [4.78, 5) is 26.9. The van der Waals surface area contributed by atoms with Gasteiger partial charge in [-0.2, -0.15) is 0 Å². The molecule has 0 fully saturated rings. The first-order chi connectivity index (χ1) is 14.0. The van der Waals surface area contributed by atoms with Gasteiger partial charge in [-0.1, -0.05) is 36.4 Å². The highest BCUT2D eigenvalue weighted by atomic mass is 32.2. The van der Waals surface area contributed by atoms with Gasteiger partial charge in [-0.05, 0) is 49.6 Å². The molecule has 162 valence electrons. The quantitative estimate of drug-likeness (QED) is 0.694. The van der Waals surface area contributed by atoms with Gasteiger partial charge in [0.1, 0.15) is 12.6 Å². The van der Waals surface area contributed by atoms with Crippen LogP contribution in [-0.2, 0) is 26.2 Å². The highest BCUT2D eigenvalue weighted by Crippen LogP contribution is 2.22. The van der Waals surface area contributed by atoms with Crippen molar-refractivity contribution >= 4 is 27.5 Å². The molecule has 2 aromatic rings. The Morgan fingerprint density at radius 1 is 1.03 bits per heavy atom. The van der Waals surface area contributed by atoms with Gasteiger partial charge in [-0.3, -0.25) is 13.9 Å². The number of amides is 2. The number of hydrogen-bond acceptors (Lipinski definition) is 4. The van der Waals surface area contributed by atoms with Crippen LogP contribution in [0.4, 0.5) is 5.69 Å². The maximum atomic E-state index is 13.2. The van der Waals surface area contributed by atoms with Crippen LogP contribution in [0.3, 0.4) is 0 Å². The molecule has 0 spiro atoms. The van der Waals surface area contributed by atoms with Crippen molar-refractivity contribution in [2.45, 2.75) is 33.4 Å². The fraction of sp³-hybridized carbons (Fsp3) is 0.364. The van der Waals surface area contributed by atoms with Crippen molar-refractivity contribution in [3.63, 3.8) is 0 Å². The molecule has 0 heterocycles. The van der Waals surface area contributed by atoms with E-state index in [1.165, 1.54) is 11.9 Å². The molecule has 0 aromatic heterocycles. The van der Waals surface area contributed by atoms with Crippen molar-refractivity contribution in [1.29, 1.82) is 0 Å². The molecular weight excluding hydrogens is 402 g/mol. The Morgan fingerprint density at radius 3 is 2.20 bits per heavy atom. The minimum Gasteiger partial charge on any atom is -0.357 e. The van der Waals surface area contributed by atoms with E-state index in [-0.39, 0.29) is 12.5 Å². The van der Waals surface area contributed by atoms with Crippen LogP contribution in [0.1, 0.15) is 23.6 Å². The van der Waals surface area contributed by atoms with Gasteiger partial charge in [0.05, 0.1) is 11.9 Å². The molecule has 30 heavy (non-hydrogen) atoms. The van der Waals surface area contributed by atoms with E-state index in [0.717, 1.165) is 27.3 Å². The molecule has 0 aliphatic rings. The molecule has 1 unspecified atom stereocenters. The van der Waals surface area contributed by atoms with E-state index in [1.807, 2.05) is 50.2 Å². The highest BCUT2D eigenvalue weighted by molar-refractivity contribution is 7.92. The Kier molecular flexibility index (Phi) is 7.61. The van der Waals surface area contributed by atoms with Crippen LogP contribution >= 0.6 is 0 Å². The molecule has 0 aliphatic carbocycles. The second kappa shape index (κ2) is 9.75. The van der Waals surface area contributed by atoms with Crippen molar-refractivity contribution in [2.24, 2.45) is 0 Å². The molecule has 0 saturated carbocycles. The largest absolute Gasteiger partial charge is 0.357 e. The molecule has 2 aromatic carbocycles. The third kappa shape index (κ3) is 5.82. The van der Waals surface area contributed by atoms with E-state index in [1.54, 1.807) is 19.1 Å². The molecule has 1 N–H and O–H groups in total. The van der Waals surface area contributed by atoms with Gasteiger partial charge in [0.15, 0.2) is 0 Å². The standard InChI is InChI=1S/C22H29N3O4S/c1-16-11-12-20(13-17(16)2)25(30(5,28)29)15-21(26)24(18(3)22(27)23-4)14-19-9-7-6-8-10-19/h6-13,18H,14-15H2,1-5H3,(H,23,27). The predicted molar refractivity (Wildman–Crippen MR) is 119 cm³/mol. The number of likely N-dealkylation sites (N-methyl/N-ethyl adjacent to an activating group) is 1. The summed E-state index contributed by atoms with van der Waals surface area (Å²) in [6.07, 6.45) is 1.07. The summed E-state index contributed by atoms with van der Waals surface area (Å²) in [6, 6.07) is 13.8. The van der Waals surface area contributed by atoms with Crippen LogP contribution in [-0.4, -0.2) is 51.0 Å². The Bertz CT molecular complexity index is 1010. The fourth-order valence-corrected chi connectivity index (χ4v) is 3.91. The zero-order valence-electron chi connectivity index (χ0n) is 18.0. The van der Waals surface area contributed by atoms with Crippen LogP contribution in [0.25, 0.3) is 0 Å². The maximum absolute atomic E-state index is 13.2. The van der Waals surface area contributed by atoms with E-state index in [9.17, 15) is 18.0 Å². The molecule has 2 rings (SSSR count). The normalized spacial score (nSPS) is 12.2. The number of anilines is 1. The van der Waals surface area contributed by atoms with Gasteiger partial charge in [-0.25, -0.2) is 8.42 Å². The Hall–Kier alpha value is -2.87. The average molecular weight is 432 g/mol. The number of carbonyl (C=O) groups excluding carboxylic acids is 2. The third-order valence-electron chi connectivity index (χ3n) is 5.07. The number of nitrogens with one attached hydrogen (secondary N) is 1. The van der Waals surface area contributed by atoms with E-state index in [0.29, 0.717) is 5.69 Å². The van der Waals surface area contributed by atoms with Crippen LogP contribution < -0.4 is 9.62 Å². The van der Waals surface area contributed by atoms with Gasteiger partial charge in [0, 0.05) is 13.6 Å². The monoisotopic (exact) mass is 431 g/mol. The second-order valence-corrected chi connectivity index (χ2v) is 9.24. The number of nitrogens with zero attached hydrogens (tertiary/aromatic N) is 2. The van der Waals surface area contributed by atoms with Gasteiger partial charge in [-0.15, -0.1) is 0 Å². The topological polar surface area (TPSA) is 86.8 Å². The SMILES string of the molecule is CNC(=O)C(C)N(Cc1ccccc1)C(=O)CN(c1ccc(C)c(C)c1)S(C)(=O)=O. The third-order valence-corrected chi connectivity index (χ3v) is 6.21. The molecule has 1 atom stereocenters. The first kappa shape index (κ1) is 23.4. The average Bonchev–Trinajstić information content (AvgIpc) is 2.71. The summed E-state index contributed by atoms with van der Waals surface area (Å²) in [5.74, 6) is -0.782. The number of rotatable bonds is 8. The maximum Gasteiger partial charge on any atom is 0.244 e. The van der Waals surface area contributed by atoms with E-state index >= 15 is 0 Å². The van der Waals surface area contributed by atoms with Crippen LogP contribution in [0, 0.1) is 13.8 Å². The van der Waals surface area contributed by atoms with Gasteiger partial charge in [0.2, 0.25) is 21.8 Å². The molecule has 0 bridgehead atoms. The van der Waals surface area contributed by atoms with E-state index < -0.39 is 28.5 Å². The summed E-state index contributed by atoms with van der Waals surface area (Å²) >= 11 is 0. The first-order valence-electron chi connectivity index (χ1n) is 9.64. The fourth-order valence-electron chi connectivity index (χ4n) is 3.07. The number of carbonyl (C=O) groups is 2. The first-order valence-corrected chi connectivity index (χ1v) is 11.5. The lowest BCUT2D eigenvalue weighted by Crippen LogP contribution is -2.50. The number of aryl methyl sites for hydroxylation is 2. The number of benzene rings is 2. The van der Waals surface area contributed by atoms with Gasteiger partial charge in [0.25, 0.3) is 0 Å². The predicted octanol–water partition coefficient (Wildman–Crippen LogP) is 2.23. The highest BCUT2D eigenvalue weighted by Gasteiger charge is 2.29. The summed E-state index contributed by atoms with van der Waals surface area (Å²) in [5, 5.41) is 2.55. The molecule has 0 saturated heterocycles. The van der Waals surface area contributed by atoms with E-state index in [4.69, 9.17) is 0 Å². The lowest BCUT2D eigenvalue weighted by molar-refractivity contribution is -0.139. The van der Waals surface area contributed by atoms with Crippen molar-refractivity contribution in [3.8, 4) is 0 Å². The van der Waals surface area contributed by atoms with Crippen molar-refractivity contribution in [3.05, 3.63) is 65.2 Å². The number of hydrogen-bond donors (Lipinski definition) is 1. The Labute approximate surface area is 178 Å². The summed E-state index contributed by atoms with van der Waals surface area (Å²) in [5.41, 5.74) is 3.21. The smallest absolute Gasteiger partial charge is 0.244 e. The summed E-state index contributed by atoms with van der Waals surface area (Å²) in [7, 11) is -2.21. The summed E-state index contributed by atoms with van der Waals surface area (Å²) in [6.45, 7) is 5.24. The van der Waals surface area contributed by atoms with Crippen LogP contribution in [0.15, 0.2) is 48.5 Å². The van der Waals surface area contributed by atoms with Crippen LogP contribution in [0.5, 0.6) is 0 Å². The zero-order valence-corrected chi connectivity index (χ0v) is 18.9. The minimum atomic E-state index is -3.72. The van der Waals surface area contributed by atoms with Crippen molar-refractivity contribution < 1.29 is 18.0 Å². The van der Waals surface area contributed by atoms with Gasteiger partial charge >= 0.3 is 0 Å². The molecular formula is C22H29N3O4S. The lowest BCUT2D eigenvalue weighted by Gasteiger charge is -2.31. The molecule has 7 nitrogen and oxygen atoms in total. The molecule has 2 amide bonds. The summed E-state index contributed by atoms with van der Waals surface area (Å²) < 4.78 is 26.0. The Balaban J connectivity index is 2.38. The second-order valence-electron chi connectivity index (χ2n) is 7.34. The molecule has 0 radical (unpaired) electrons. The van der Waals surface area contributed by atoms with Crippen LogP contribution in [0.2, 0.25) is 0 Å². The Morgan fingerprint density at radius 2 is 1.67 bits per heavy atom. The molecule has 8 heteroatoms. The minimum absolute atomic E-state index is 0.193. The van der Waals surface area contributed by atoms with Crippen molar-refractivity contribution in [1.82, 2.24) is 10.2 Å². The lowest BCUT2D eigenvalue weighted by atomic mass is 10.1. The number of sulfonamides is 1. The van der Waals surface area contributed by atoms with Gasteiger partial charge < -0.3 is 10.2 Å². The molecule has 0 aliphatic heterocycles.